The molecule has 0 aliphatic rings. The van der Waals surface area contributed by atoms with Crippen molar-refractivity contribution in [2.24, 2.45) is 5.92 Å². The molecule has 0 fully saturated rings. The van der Waals surface area contributed by atoms with E-state index < -0.39 is 0 Å². The highest BCUT2D eigenvalue weighted by molar-refractivity contribution is 5.27. The summed E-state index contributed by atoms with van der Waals surface area (Å²) in [5.74, 6) is 1.54. The summed E-state index contributed by atoms with van der Waals surface area (Å²) in [7, 11) is 0. The Kier molecular flexibility index (Phi) is 5.94. The highest BCUT2D eigenvalue weighted by atomic mass is 16.5. The van der Waals surface area contributed by atoms with E-state index in [9.17, 15) is 0 Å². The SMILES string of the molecule is CCCNCc1ccc(OCC(C)C)cc1. The third-order valence-corrected chi connectivity index (χ3v) is 2.26. The van der Waals surface area contributed by atoms with E-state index in [1.54, 1.807) is 0 Å². The quantitative estimate of drug-likeness (QED) is 0.714. The Morgan fingerprint density at radius 1 is 1.19 bits per heavy atom. The molecule has 0 unspecified atom stereocenters. The van der Waals surface area contributed by atoms with Gasteiger partial charge in [-0.1, -0.05) is 32.9 Å². The second-order valence-electron chi connectivity index (χ2n) is 4.53. The maximum Gasteiger partial charge on any atom is 0.119 e. The maximum atomic E-state index is 5.63. The zero-order valence-corrected chi connectivity index (χ0v) is 10.6. The molecule has 2 heteroatoms. The van der Waals surface area contributed by atoms with Crippen LogP contribution < -0.4 is 10.1 Å². The molecule has 0 amide bonds. The molecular formula is C14H23NO. The van der Waals surface area contributed by atoms with E-state index in [1.807, 2.05) is 12.1 Å². The molecule has 0 aliphatic heterocycles. The Morgan fingerprint density at radius 2 is 1.88 bits per heavy atom. The average Bonchev–Trinajstić information content (AvgIpc) is 2.28. The van der Waals surface area contributed by atoms with E-state index in [0.29, 0.717) is 5.92 Å². The van der Waals surface area contributed by atoms with E-state index in [2.05, 4.69) is 38.2 Å². The molecule has 90 valence electrons. The molecule has 0 radical (unpaired) electrons. The second kappa shape index (κ2) is 7.29. The predicted molar refractivity (Wildman–Crippen MR) is 68.8 cm³/mol. The molecule has 0 bridgehead atoms. The van der Waals surface area contributed by atoms with Crippen LogP contribution >= 0.6 is 0 Å². The van der Waals surface area contributed by atoms with Gasteiger partial charge in [-0.2, -0.15) is 0 Å². The lowest BCUT2D eigenvalue weighted by molar-refractivity contribution is 0.271. The van der Waals surface area contributed by atoms with Crippen LogP contribution in [0.25, 0.3) is 0 Å². The molecular weight excluding hydrogens is 198 g/mol. The van der Waals surface area contributed by atoms with Gasteiger partial charge < -0.3 is 10.1 Å². The number of hydrogen-bond donors (Lipinski definition) is 1. The van der Waals surface area contributed by atoms with Crippen molar-refractivity contribution in [1.82, 2.24) is 5.32 Å². The molecule has 0 aliphatic carbocycles. The largest absolute Gasteiger partial charge is 0.493 e. The van der Waals surface area contributed by atoms with Crippen molar-refractivity contribution in [2.45, 2.75) is 33.7 Å². The van der Waals surface area contributed by atoms with Gasteiger partial charge in [-0.25, -0.2) is 0 Å². The van der Waals surface area contributed by atoms with Crippen LogP contribution in [0.3, 0.4) is 0 Å². The summed E-state index contributed by atoms with van der Waals surface area (Å²) in [6.45, 7) is 9.29. The summed E-state index contributed by atoms with van der Waals surface area (Å²) < 4.78 is 5.63. The molecule has 1 aromatic carbocycles. The first-order valence-corrected chi connectivity index (χ1v) is 6.14. The topological polar surface area (TPSA) is 21.3 Å². The molecule has 0 spiro atoms. The van der Waals surface area contributed by atoms with Crippen molar-refractivity contribution >= 4 is 0 Å². The molecule has 0 aromatic heterocycles. The third-order valence-electron chi connectivity index (χ3n) is 2.26. The van der Waals surface area contributed by atoms with E-state index in [-0.39, 0.29) is 0 Å². The molecule has 0 saturated heterocycles. The average molecular weight is 221 g/mol. The van der Waals surface area contributed by atoms with Crippen molar-refractivity contribution in [3.05, 3.63) is 29.8 Å². The van der Waals surface area contributed by atoms with Crippen molar-refractivity contribution in [3.63, 3.8) is 0 Å². The van der Waals surface area contributed by atoms with E-state index in [0.717, 1.165) is 25.4 Å². The van der Waals surface area contributed by atoms with Crippen molar-refractivity contribution < 1.29 is 4.74 Å². The lowest BCUT2D eigenvalue weighted by Gasteiger charge is -2.09. The summed E-state index contributed by atoms with van der Waals surface area (Å²) in [6, 6.07) is 8.34. The molecule has 2 nitrogen and oxygen atoms in total. The molecule has 0 heterocycles. The minimum atomic E-state index is 0.575. The summed E-state index contributed by atoms with van der Waals surface area (Å²) in [6.07, 6.45) is 1.18. The molecule has 0 saturated carbocycles. The Balaban J connectivity index is 2.35. The van der Waals surface area contributed by atoms with Crippen molar-refractivity contribution in [2.75, 3.05) is 13.2 Å². The zero-order valence-electron chi connectivity index (χ0n) is 10.6. The van der Waals surface area contributed by atoms with Gasteiger partial charge in [0.15, 0.2) is 0 Å². The van der Waals surface area contributed by atoms with Crippen LogP contribution in [0.1, 0.15) is 32.8 Å². The van der Waals surface area contributed by atoms with Gasteiger partial charge >= 0.3 is 0 Å². The highest BCUT2D eigenvalue weighted by Gasteiger charge is 1.97. The van der Waals surface area contributed by atoms with Crippen LogP contribution in [0.5, 0.6) is 5.75 Å². The predicted octanol–water partition coefficient (Wildman–Crippen LogP) is 3.22. The van der Waals surface area contributed by atoms with E-state index in [4.69, 9.17) is 4.74 Å². The van der Waals surface area contributed by atoms with Gasteiger partial charge in [0, 0.05) is 6.54 Å². The summed E-state index contributed by atoms with van der Waals surface area (Å²) in [4.78, 5) is 0. The standard InChI is InChI=1S/C14H23NO/c1-4-9-15-10-13-5-7-14(8-6-13)16-11-12(2)3/h5-8,12,15H,4,9-11H2,1-3H3. The summed E-state index contributed by atoms with van der Waals surface area (Å²) in [5, 5.41) is 3.38. The van der Waals surface area contributed by atoms with Crippen LogP contribution in [-0.4, -0.2) is 13.2 Å². The zero-order chi connectivity index (χ0) is 11.8. The first kappa shape index (κ1) is 13.0. The van der Waals surface area contributed by atoms with Gasteiger partial charge in [0.2, 0.25) is 0 Å². The molecule has 1 rings (SSSR count). The van der Waals surface area contributed by atoms with E-state index >= 15 is 0 Å². The fourth-order valence-electron chi connectivity index (χ4n) is 1.38. The van der Waals surface area contributed by atoms with Gasteiger partial charge in [0.05, 0.1) is 6.61 Å². The van der Waals surface area contributed by atoms with Gasteiger partial charge in [0.1, 0.15) is 5.75 Å². The number of ether oxygens (including phenoxy) is 1. The molecule has 1 aromatic rings. The highest BCUT2D eigenvalue weighted by Crippen LogP contribution is 2.13. The van der Waals surface area contributed by atoms with E-state index in [1.165, 1.54) is 12.0 Å². The summed E-state index contributed by atoms with van der Waals surface area (Å²) >= 11 is 0. The smallest absolute Gasteiger partial charge is 0.119 e. The summed E-state index contributed by atoms with van der Waals surface area (Å²) in [5.41, 5.74) is 1.31. The number of nitrogens with one attached hydrogen (secondary N) is 1. The van der Waals surface area contributed by atoms with Crippen LogP contribution in [0.2, 0.25) is 0 Å². The number of hydrogen-bond acceptors (Lipinski definition) is 2. The molecule has 16 heavy (non-hydrogen) atoms. The Labute approximate surface area is 99.0 Å². The normalized spacial score (nSPS) is 10.8. The fourth-order valence-corrected chi connectivity index (χ4v) is 1.38. The lowest BCUT2D eigenvalue weighted by atomic mass is 10.2. The molecule has 0 atom stereocenters. The Morgan fingerprint density at radius 3 is 2.44 bits per heavy atom. The lowest BCUT2D eigenvalue weighted by Crippen LogP contribution is -2.13. The Bertz CT molecular complexity index is 279. The van der Waals surface area contributed by atoms with Gasteiger partial charge in [-0.05, 0) is 36.6 Å². The van der Waals surface area contributed by atoms with Crippen LogP contribution in [0, 0.1) is 5.92 Å². The van der Waals surface area contributed by atoms with Gasteiger partial charge in [-0.3, -0.25) is 0 Å². The van der Waals surface area contributed by atoms with Crippen LogP contribution in [0.4, 0.5) is 0 Å². The van der Waals surface area contributed by atoms with Gasteiger partial charge in [-0.15, -0.1) is 0 Å². The van der Waals surface area contributed by atoms with Crippen LogP contribution in [-0.2, 0) is 6.54 Å². The number of benzene rings is 1. The van der Waals surface area contributed by atoms with Gasteiger partial charge in [0.25, 0.3) is 0 Å². The van der Waals surface area contributed by atoms with Crippen molar-refractivity contribution in [3.8, 4) is 5.75 Å². The first-order valence-electron chi connectivity index (χ1n) is 6.14. The minimum Gasteiger partial charge on any atom is -0.493 e. The first-order chi connectivity index (χ1) is 7.72. The molecule has 1 N–H and O–H groups in total. The van der Waals surface area contributed by atoms with Crippen LogP contribution in [0.15, 0.2) is 24.3 Å². The minimum absolute atomic E-state index is 0.575. The second-order valence-corrected chi connectivity index (χ2v) is 4.53. The maximum absolute atomic E-state index is 5.63. The monoisotopic (exact) mass is 221 g/mol. The van der Waals surface area contributed by atoms with Crippen molar-refractivity contribution in [1.29, 1.82) is 0 Å². The third kappa shape index (κ3) is 5.17. The fraction of sp³-hybridized carbons (Fsp3) is 0.571. The number of rotatable bonds is 7. The Hall–Kier alpha value is -1.02.